The number of nitrogens with zero attached hydrogens (tertiary/aromatic N) is 2. The number of para-hydroxylation sites is 1. The average molecular weight is 390 g/mol. The van der Waals surface area contributed by atoms with Gasteiger partial charge < -0.3 is 4.74 Å². The molecule has 1 aliphatic heterocycles. The maximum Gasteiger partial charge on any atom is 0.208 e. The minimum absolute atomic E-state index is 0.410. The van der Waals surface area contributed by atoms with Crippen LogP contribution >= 0.6 is 0 Å². The van der Waals surface area contributed by atoms with Crippen LogP contribution in [-0.4, -0.2) is 44.2 Å². The van der Waals surface area contributed by atoms with Crippen molar-refractivity contribution < 1.29 is 13.2 Å². The molecule has 7 heteroatoms. The van der Waals surface area contributed by atoms with Crippen LogP contribution in [0, 0.1) is 5.92 Å². The third kappa shape index (κ3) is 6.61. The molecule has 0 saturated carbocycles. The first-order chi connectivity index (χ1) is 13.0. The van der Waals surface area contributed by atoms with Gasteiger partial charge in [0.25, 0.3) is 0 Å². The first-order valence-corrected chi connectivity index (χ1v) is 11.2. The Morgan fingerprint density at radius 3 is 2.67 bits per heavy atom. The van der Waals surface area contributed by atoms with Crippen molar-refractivity contribution in [2.24, 2.45) is 5.92 Å². The molecule has 1 aromatic carbocycles. The number of hydrogen-bond acceptors (Lipinski definition) is 5. The van der Waals surface area contributed by atoms with Gasteiger partial charge in [0.15, 0.2) is 0 Å². The van der Waals surface area contributed by atoms with Crippen molar-refractivity contribution in [3.63, 3.8) is 0 Å². The fourth-order valence-electron chi connectivity index (χ4n) is 3.28. The van der Waals surface area contributed by atoms with Gasteiger partial charge in [0.05, 0.1) is 6.26 Å². The molecular formula is C20H27N3O3S. The van der Waals surface area contributed by atoms with E-state index < -0.39 is 10.0 Å². The molecule has 0 amide bonds. The fraction of sp³-hybridized carbons (Fsp3) is 0.450. The molecule has 1 aromatic heterocycles. The quantitative estimate of drug-likeness (QED) is 0.751. The van der Waals surface area contributed by atoms with Crippen molar-refractivity contribution in [3.05, 3.63) is 59.9 Å². The lowest BCUT2D eigenvalue weighted by atomic mass is 9.97. The van der Waals surface area contributed by atoms with E-state index in [1.807, 2.05) is 36.5 Å². The summed E-state index contributed by atoms with van der Waals surface area (Å²) >= 11 is 0. The summed E-state index contributed by atoms with van der Waals surface area (Å²) in [5.74, 6) is 1.32. The summed E-state index contributed by atoms with van der Waals surface area (Å²) in [6.07, 6.45) is 6.79. The van der Waals surface area contributed by atoms with E-state index in [2.05, 4.69) is 20.7 Å². The average Bonchev–Trinajstić information content (AvgIpc) is 2.67. The van der Waals surface area contributed by atoms with Gasteiger partial charge in [-0.2, -0.15) is 0 Å². The van der Waals surface area contributed by atoms with Crippen LogP contribution < -0.4 is 9.46 Å². The molecule has 1 N–H and O–H groups in total. The van der Waals surface area contributed by atoms with E-state index in [4.69, 9.17) is 4.74 Å². The number of benzene rings is 1. The lowest BCUT2D eigenvalue weighted by molar-refractivity contribution is 0.175. The second-order valence-corrected chi connectivity index (χ2v) is 8.93. The summed E-state index contributed by atoms with van der Waals surface area (Å²) in [7, 11) is -3.11. The maximum atomic E-state index is 11.2. The molecule has 0 aliphatic carbocycles. The van der Waals surface area contributed by atoms with Crippen LogP contribution in [0.15, 0.2) is 48.8 Å². The first-order valence-electron chi connectivity index (χ1n) is 9.26. The molecule has 0 atom stereocenters. The highest BCUT2D eigenvalue weighted by molar-refractivity contribution is 7.88. The molecule has 1 fully saturated rings. The second-order valence-electron chi connectivity index (χ2n) is 7.10. The lowest BCUT2D eigenvalue weighted by Gasteiger charge is -2.32. The van der Waals surface area contributed by atoms with Crippen LogP contribution in [0.25, 0.3) is 0 Å². The van der Waals surface area contributed by atoms with E-state index >= 15 is 0 Å². The molecule has 6 nitrogen and oxygen atoms in total. The van der Waals surface area contributed by atoms with Crippen molar-refractivity contribution in [1.29, 1.82) is 0 Å². The third-order valence-corrected chi connectivity index (χ3v) is 5.52. The van der Waals surface area contributed by atoms with Gasteiger partial charge in [0.1, 0.15) is 12.4 Å². The van der Waals surface area contributed by atoms with E-state index in [0.717, 1.165) is 43.8 Å². The number of likely N-dealkylation sites (tertiary alicyclic amines) is 1. The first kappa shape index (κ1) is 19.8. The highest BCUT2D eigenvalue weighted by Gasteiger charge is 2.21. The molecule has 0 bridgehead atoms. The summed E-state index contributed by atoms with van der Waals surface area (Å²) in [5, 5.41) is 0. The predicted octanol–water partition coefficient (Wildman–Crippen LogP) is 2.42. The number of aromatic nitrogens is 1. The molecule has 1 aliphatic rings. The summed E-state index contributed by atoms with van der Waals surface area (Å²) in [5.41, 5.74) is 2.22. The molecule has 0 unspecified atom stereocenters. The Labute approximate surface area is 161 Å². The van der Waals surface area contributed by atoms with Crippen molar-refractivity contribution in [1.82, 2.24) is 14.6 Å². The maximum absolute atomic E-state index is 11.2. The Morgan fingerprint density at radius 2 is 1.96 bits per heavy atom. The molecule has 146 valence electrons. The van der Waals surface area contributed by atoms with Crippen LogP contribution in [0.3, 0.4) is 0 Å². The predicted molar refractivity (Wildman–Crippen MR) is 106 cm³/mol. The number of pyridine rings is 1. The van der Waals surface area contributed by atoms with Gasteiger partial charge in [-0.1, -0.05) is 24.3 Å². The van der Waals surface area contributed by atoms with Gasteiger partial charge in [-0.25, -0.2) is 13.1 Å². The smallest absolute Gasteiger partial charge is 0.208 e. The molecule has 27 heavy (non-hydrogen) atoms. The summed E-state index contributed by atoms with van der Waals surface area (Å²) < 4.78 is 31.1. The second kappa shape index (κ2) is 9.30. The number of rotatable bonds is 8. The third-order valence-electron chi connectivity index (χ3n) is 4.83. The Morgan fingerprint density at radius 1 is 1.19 bits per heavy atom. The van der Waals surface area contributed by atoms with Crippen LogP contribution in [0.2, 0.25) is 0 Å². The Kier molecular flexibility index (Phi) is 6.82. The number of piperidine rings is 1. The monoisotopic (exact) mass is 389 g/mol. The van der Waals surface area contributed by atoms with Gasteiger partial charge in [-0.15, -0.1) is 0 Å². The van der Waals surface area contributed by atoms with Gasteiger partial charge in [0.2, 0.25) is 10.0 Å². The van der Waals surface area contributed by atoms with Crippen LogP contribution in [0.1, 0.15) is 24.0 Å². The van der Waals surface area contributed by atoms with Gasteiger partial charge in [-0.3, -0.25) is 9.88 Å². The Bertz CT molecular complexity index is 819. The fourth-order valence-corrected chi connectivity index (χ4v) is 3.82. The van der Waals surface area contributed by atoms with E-state index in [0.29, 0.717) is 19.1 Å². The highest BCUT2D eigenvalue weighted by Crippen LogP contribution is 2.24. The Hall–Kier alpha value is -1.96. The zero-order chi connectivity index (χ0) is 19.1. The summed E-state index contributed by atoms with van der Waals surface area (Å²) in [6.45, 7) is 3.82. The van der Waals surface area contributed by atoms with Crippen molar-refractivity contribution in [3.8, 4) is 5.75 Å². The zero-order valence-electron chi connectivity index (χ0n) is 15.7. The number of hydrogen-bond donors (Lipinski definition) is 1. The minimum atomic E-state index is -3.11. The number of ether oxygens (including phenoxy) is 1. The van der Waals surface area contributed by atoms with Crippen LogP contribution in [0.4, 0.5) is 0 Å². The minimum Gasteiger partial charge on any atom is -0.489 e. The van der Waals surface area contributed by atoms with E-state index in [1.54, 1.807) is 6.20 Å². The summed E-state index contributed by atoms with van der Waals surface area (Å²) in [6, 6.07) is 12.1. The van der Waals surface area contributed by atoms with Gasteiger partial charge in [0, 0.05) is 36.6 Å². The normalized spacial score (nSPS) is 16.3. The van der Waals surface area contributed by atoms with E-state index in [1.165, 1.54) is 11.8 Å². The molecule has 0 spiro atoms. The SMILES string of the molecule is CS(=O)(=O)NCC1CCN(Cc2ccccc2OCc2cccnc2)CC1. The number of nitrogens with one attached hydrogen (secondary N) is 1. The molecule has 2 heterocycles. The van der Waals surface area contributed by atoms with Crippen LogP contribution in [-0.2, 0) is 23.2 Å². The highest BCUT2D eigenvalue weighted by atomic mass is 32.2. The van der Waals surface area contributed by atoms with E-state index in [9.17, 15) is 8.42 Å². The molecule has 1 saturated heterocycles. The van der Waals surface area contributed by atoms with Gasteiger partial charge in [-0.05, 0) is 44.0 Å². The van der Waals surface area contributed by atoms with Gasteiger partial charge >= 0.3 is 0 Å². The zero-order valence-corrected chi connectivity index (χ0v) is 16.5. The molecule has 2 aromatic rings. The molecule has 0 radical (unpaired) electrons. The van der Waals surface area contributed by atoms with Crippen LogP contribution in [0.5, 0.6) is 5.75 Å². The Balaban J connectivity index is 1.51. The topological polar surface area (TPSA) is 71.5 Å². The standard InChI is InChI=1S/C20H27N3O3S/c1-27(24,25)22-14-17-8-11-23(12-9-17)15-19-6-2-3-7-20(19)26-16-18-5-4-10-21-13-18/h2-7,10,13,17,22H,8-9,11-12,14-16H2,1H3. The largest absolute Gasteiger partial charge is 0.489 e. The van der Waals surface area contributed by atoms with Crippen molar-refractivity contribution in [2.75, 3.05) is 25.9 Å². The van der Waals surface area contributed by atoms with E-state index in [-0.39, 0.29) is 0 Å². The summed E-state index contributed by atoms with van der Waals surface area (Å²) in [4.78, 5) is 6.53. The lowest BCUT2D eigenvalue weighted by Crippen LogP contribution is -2.38. The van der Waals surface area contributed by atoms with Crippen molar-refractivity contribution in [2.45, 2.75) is 26.0 Å². The molecule has 3 rings (SSSR count). The molecular weight excluding hydrogens is 362 g/mol. The van der Waals surface area contributed by atoms with Crippen molar-refractivity contribution >= 4 is 10.0 Å². The number of sulfonamides is 1.